The van der Waals surface area contributed by atoms with E-state index in [4.69, 9.17) is 0 Å². The second-order valence-corrected chi connectivity index (χ2v) is 7.29. The number of hydrogen-bond acceptors (Lipinski definition) is 4. The third kappa shape index (κ3) is 8.03. The molecule has 6 nitrogen and oxygen atoms in total. The molecule has 6 heteroatoms. The van der Waals surface area contributed by atoms with E-state index in [0.29, 0.717) is 25.3 Å². The van der Waals surface area contributed by atoms with Gasteiger partial charge in [0.2, 0.25) is 11.8 Å². The van der Waals surface area contributed by atoms with Crippen LogP contribution < -0.4 is 16.0 Å². The molecule has 1 aliphatic rings. The van der Waals surface area contributed by atoms with Crippen molar-refractivity contribution in [1.29, 1.82) is 0 Å². The van der Waals surface area contributed by atoms with Crippen LogP contribution in [0, 0.1) is 5.92 Å². The summed E-state index contributed by atoms with van der Waals surface area (Å²) in [6, 6.07) is 8.56. The predicted molar refractivity (Wildman–Crippen MR) is 114 cm³/mol. The Morgan fingerprint density at radius 1 is 1.10 bits per heavy atom. The Morgan fingerprint density at radius 2 is 1.86 bits per heavy atom. The smallest absolute Gasteiger partial charge is 0.239 e. The minimum Gasteiger partial charge on any atom is -0.346 e. The van der Waals surface area contributed by atoms with Crippen molar-refractivity contribution >= 4 is 17.6 Å². The summed E-state index contributed by atoms with van der Waals surface area (Å²) in [7, 11) is 0. The first kappa shape index (κ1) is 22.6. The molecule has 3 atom stereocenters. The van der Waals surface area contributed by atoms with Gasteiger partial charge in [0, 0.05) is 0 Å². The van der Waals surface area contributed by atoms with Gasteiger partial charge in [0.05, 0.1) is 18.6 Å². The zero-order valence-corrected chi connectivity index (χ0v) is 17.2. The van der Waals surface area contributed by atoms with Gasteiger partial charge in [0.1, 0.15) is 0 Å². The first-order valence-electron chi connectivity index (χ1n) is 10.2. The fourth-order valence-electron chi connectivity index (χ4n) is 3.32. The van der Waals surface area contributed by atoms with E-state index in [1.54, 1.807) is 0 Å². The molecular formula is C23H31N3O3. The van der Waals surface area contributed by atoms with Crippen LogP contribution in [0.3, 0.4) is 0 Å². The number of amides is 2. The second-order valence-electron chi connectivity index (χ2n) is 7.29. The molecular weight excluding hydrogens is 366 g/mol. The van der Waals surface area contributed by atoms with Crippen LogP contribution in [0.5, 0.6) is 0 Å². The van der Waals surface area contributed by atoms with Crippen molar-refractivity contribution in [3.05, 3.63) is 60.2 Å². The van der Waals surface area contributed by atoms with Gasteiger partial charge >= 0.3 is 0 Å². The van der Waals surface area contributed by atoms with Crippen LogP contribution in [-0.2, 0) is 20.8 Å². The van der Waals surface area contributed by atoms with Crippen LogP contribution in [0.15, 0.2) is 54.6 Å². The number of carbonyl (C=O) groups excluding carboxylic acids is 3. The van der Waals surface area contributed by atoms with E-state index in [9.17, 15) is 14.4 Å². The first-order valence-corrected chi connectivity index (χ1v) is 10.2. The molecule has 0 radical (unpaired) electrons. The van der Waals surface area contributed by atoms with Crippen LogP contribution >= 0.6 is 0 Å². The average molecular weight is 398 g/mol. The van der Waals surface area contributed by atoms with Gasteiger partial charge in [0.15, 0.2) is 5.78 Å². The molecule has 0 saturated heterocycles. The minimum absolute atomic E-state index is 0.115. The summed E-state index contributed by atoms with van der Waals surface area (Å²) in [5.41, 5.74) is 0.971. The quantitative estimate of drug-likeness (QED) is 0.532. The van der Waals surface area contributed by atoms with Crippen molar-refractivity contribution in [2.45, 2.75) is 45.2 Å². The lowest BCUT2D eigenvalue weighted by atomic mass is 9.93. The second kappa shape index (κ2) is 12.0. The van der Waals surface area contributed by atoms with Gasteiger partial charge in [0.25, 0.3) is 0 Å². The molecule has 0 saturated carbocycles. The maximum absolute atomic E-state index is 12.6. The number of Topliss-reactive ketones (excluding diaryl/α,β-unsaturated/α-hetero) is 1. The number of rotatable bonds is 11. The van der Waals surface area contributed by atoms with E-state index in [-0.39, 0.29) is 30.2 Å². The number of likely N-dealkylation sites (N-methyl/N-ethyl adjacent to an activating group) is 1. The number of ketones is 1. The van der Waals surface area contributed by atoms with Gasteiger partial charge in [-0.05, 0) is 44.2 Å². The lowest BCUT2D eigenvalue weighted by Crippen LogP contribution is -2.50. The Labute approximate surface area is 172 Å². The number of hydrogen-bond donors (Lipinski definition) is 3. The summed E-state index contributed by atoms with van der Waals surface area (Å²) in [5, 5.41) is 8.62. The lowest BCUT2D eigenvalue weighted by molar-refractivity contribution is -0.129. The Balaban J connectivity index is 1.84. The molecule has 2 amide bonds. The third-order valence-electron chi connectivity index (χ3n) is 4.91. The summed E-state index contributed by atoms with van der Waals surface area (Å²) < 4.78 is 0. The summed E-state index contributed by atoms with van der Waals surface area (Å²) in [5.74, 6) is -0.384. The van der Waals surface area contributed by atoms with Gasteiger partial charge in [-0.3, -0.25) is 14.4 Å². The van der Waals surface area contributed by atoms with Crippen LogP contribution in [0.1, 0.15) is 32.3 Å². The van der Waals surface area contributed by atoms with Crippen LogP contribution in [0.2, 0.25) is 0 Å². The van der Waals surface area contributed by atoms with Gasteiger partial charge in [-0.2, -0.15) is 0 Å². The third-order valence-corrected chi connectivity index (χ3v) is 4.91. The highest BCUT2D eigenvalue weighted by molar-refractivity contribution is 5.91. The summed E-state index contributed by atoms with van der Waals surface area (Å²) >= 11 is 0. The molecule has 3 unspecified atom stereocenters. The maximum Gasteiger partial charge on any atom is 0.239 e. The number of allylic oxidation sites excluding steroid dienone is 4. The fourth-order valence-corrected chi connectivity index (χ4v) is 3.32. The molecule has 0 spiro atoms. The number of carbonyl (C=O) groups is 3. The summed E-state index contributed by atoms with van der Waals surface area (Å²) in [6.07, 6.45) is 10.2. The van der Waals surface area contributed by atoms with Crippen molar-refractivity contribution < 1.29 is 14.4 Å². The van der Waals surface area contributed by atoms with E-state index in [2.05, 4.69) is 28.1 Å². The molecule has 1 aliphatic carbocycles. The summed E-state index contributed by atoms with van der Waals surface area (Å²) in [6.45, 7) is 3.92. The van der Waals surface area contributed by atoms with Crippen molar-refractivity contribution in [3.8, 4) is 0 Å². The van der Waals surface area contributed by atoms with Crippen molar-refractivity contribution in [2.75, 3.05) is 13.1 Å². The van der Waals surface area contributed by atoms with Crippen molar-refractivity contribution in [3.63, 3.8) is 0 Å². The van der Waals surface area contributed by atoms with Gasteiger partial charge in [-0.1, -0.05) is 61.6 Å². The van der Waals surface area contributed by atoms with E-state index < -0.39 is 6.04 Å². The molecule has 2 rings (SSSR count). The monoisotopic (exact) mass is 397 g/mol. The normalized spacial score (nSPS) is 17.4. The van der Waals surface area contributed by atoms with Gasteiger partial charge in [-0.25, -0.2) is 0 Å². The highest BCUT2D eigenvalue weighted by atomic mass is 16.2. The topological polar surface area (TPSA) is 87.3 Å². The highest BCUT2D eigenvalue weighted by Crippen LogP contribution is 2.17. The van der Waals surface area contributed by atoms with E-state index in [1.807, 2.05) is 49.4 Å². The van der Waals surface area contributed by atoms with Crippen molar-refractivity contribution in [1.82, 2.24) is 16.0 Å². The molecule has 0 heterocycles. The Morgan fingerprint density at radius 3 is 2.48 bits per heavy atom. The molecule has 0 bridgehead atoms. The van der Waals surface area contributed by atoms with Crippen molar-refractivity contribution in [2.24, 2.45) is 5.92 Å². The van der Waals surface area contributed by atoms with E-state index >= 15 is 0 Å². The molecule has 0 aromatic heterocycles. The number of nitrogens with one attached hydrogen (secondary N) is 3. The highest BCUT2D eigenvalue weighted by Gasteiger charge is 2.23. The lowest BCUT2D eigenvalue weighted by Gasteiger charge is -2.22. The van der Waals surface area contributed by atoms with E-state index in [0.717, 1.165) is 12.0 Å². The molecule has 1 aromatic rings. The van der Waals surface area contributed by atoms with Crippen LogP contribution in [-0.4, -0.2) is 42.8 Å². The molecule has 1 aromatic carbocycles. The average Bonchev–Trinajstić information content (AvgIpc) is 2.72. The maximum atomic E-state index is 12.6. The number of benzene rings is 1. The standard InChI is InChI=1S/C23H31N3O3/c1-3-24-21(15-19-12-8-5-9-13-19)23(29)25-16-22(28)26-20(17(2)27)14-18-10-6-4-7-11-18/h4-12,19-21,24H,3,13-16H2,1-2H3,(H,25,29)(H,26,28). The minimum atomic E-state index is -0.606. The molecule has 0 aliphatic heterocycles. The SMILES string of the molecule is CCNC(CC1C=CC=CC1)C(=O)NCC(=O)NC(Cc1ccccc1)C(C)=O. The predicted octanol–water partition coefficient (Wildman–Crippen LogP) is 1.92. The molecule has 156 valence electrons. The van der Waals surface area contributed by atoms with E-state index in [1.165, 1.54) is 6.92 Å². The molecule has 29 heavy (non-hydrogen) atoms. The first-order chi connectivity index (χ1) is 14.0. The summed E-state index contributed by atoms with van der Waals surface area (Å²) in [4.78, 5) is 36.8. The largest absolute Gasteiger partial charge is 0.346 e. The molecule has 0 fully saturated rings. The zero-order valence-electron chi connectivity index (χ0n) is 17.2. The Bertz CT molecular complexity index is 743. The van der Waals surface area contributed by atoms with Crippen LogP contribution in [0.4, 0.5) is 0 Å². The van der Waals surface area contributed by atoms with Gasteiger partial charge < -0.3 is 16.0 Å². The fraction of sp³-hybridized carbons (Fsp3) is 0.435. The van der Waals surface area contributed by atoms with Crippen LogP contribution in [0.25, 0.3) is 0 Å². The van der Waals surface area contributed by atoms with Gasteiger partial charge in [-0.15, -0.1) is 0 Å². The Kier molecular flexibility index (Phi) is 9.31. The Hall–Kier alpha value is -2.73. The zero-order chi connectivity index (χ0) is 21.1. The molecule has 3 N–H and O–H groups in total.